The van der Waals surface area contributed by atoms with E-state index in [1.807, 2.05) is 0 Å². The molecule has 0 saturated carbocycles. The molecule has 0 aliphatic heterocycles. The number of hydrogen-bond donors (Lipinski definition) is 0. The number of alkyl halides is 3. The minimum atomic E-state index is -4.39. The summed E-state index contributed by atoms with van der Waals surface area (Å²) in [4.78, 5) is 3.92. The Kier molecular flexibility index (Phi) is 2.99. The van der Waals surface area contributed by atoms with Crippen molar-refractivity contribution < 1.29 is 13.2 Å². The number of nitrogens with zero attached hydrogens (tertiary/aromatic N) is 2. The summed E-state index contributed by atoms with van der Waals surface area (Å²) in [5.41, 5.74) is -0.608. The Labute approximate surface area is 104 Å². The van der Waals surface area contributed by atoms with E-state index in [0.29, 0.717) is 10.3 Å². The molecule has 0 aliphatic rings. The second-order valence-corrected chi connectivity index (χ2v) is 4.42. The van der Waals surface area contributed by atoms with Crippen molar-refractivity contribution in [2.45, 2.75) is 13.1 Å². The Morgan fingerprint density at radius 3 is 2.53 bits per heavy atom. The van der Waals surface area contributed by atoms with Crippen LogP contribution in [-0.2, 0) is 6.18 Å². The van der Waals surface area contributed by atoms with Crippen LogP contribution in [0, 0.1) is 6.92 Å². The highest BCUT2D eigenvalue weighted by atomic mass is 79.9. The van der Waals surface area contributed by atoms with Crippen molar-refractivity contribution in [1.29, 1.82) is 0 Å². The number of aryl methyl sites for hydroxylation is 1. The molecular formula is C11H8BrF3N2. The molecule has 0 spiro atoms. The van der Waals surface area contributed by atoms with E-state index < -0.39 is 11.7 Å². The summed E-state index contributed by atoms with van der Waals surface area (Å²) in [6.45, 7) is 1.65. The van der Waals surface area contributed by atoms with Crippen LogP contribution in [0.1, 0.15) is 11.4 Å². The van der Waals surface area contributed by atoms with Crippen LogP contribution in [0.4, 0.5) is 13.2 Å². The molecule has 0 radical (unpaired) electrons. The van der Waals surface area contributed by atoms with Gasteiger partial charge < -0.3 is 4.57 Å². The fourth-order valence-corrected chi connectivity index (χ4v) is 1.94. The average molecular weight is 305 g/mol. The van der Waals surface area contributed by atoms with Crippen LogP contribution in [0.3, 0.4) is 0 Å². The maximum absolute atomic E-state index is 12.9. The Morgan fingerprint density at radius 2 is 2.00 bits per heavy atom. The van der Waals surface area contributed by atoms with Crippen LogP contribution in [0.25, 0.3) is 5.69 Å². The molecule has 1 aromatic heterocycles. The molecule has 0 atom stereocenters. The van der Waals surface area contributed by atoms with Crippen LogP contribution in [0.5, 0.6) is 0 Å². The molecule has 2 aromatic rings. The number of benzene rings is 1. The third-order valence-corrected chi connectivity index (χ3v) is 2.84. The van der Waals surface area contributed by atoms with Gasteiger partial charge in [0.1, 0.15) is 5.82 Å². The van der Waals surface area contributed by atoms with Crippen LogP contribution < -0.4 is 0 Å². The van der Waals surface area contributed by atoms with E-state index in [4.69, 9.17) is 0 Å². The summed E-state index contributed by atoms with van der Waals surface area (Å²) >= 11 is 3.05. The molecule has 0 unspecified atom stereocenters. The molecule has 2 nitrogen and oxygen atoms in total. The summed E-state index contributed by atoms with van der Waals surface area (Å²) in [6.07, 6.45) is -1.42. The molecule has 0 amide bonds. The zero-order valence-electron chi connectivity index (χ0n) is 8.79. The maximum Gasteiger partial charge on any atom is 0.418 e. The fraction of sp³-hybridized carbons (Fsp3) is 0.182. The Balaban J connectivity index is 2.67. The summed E-state index contributed by atoms with van der Waals surface area (Å²) in [5.74, 6) is 0.512. The SMILES string of the molecule is Cc1nccn1-c1ccc(Br)cc1C(F)(F)F. The summed E-state index contributed by atoms with van der Waals surface area (Å²) in [6, 6.07) is 4.06. The molecule has 0 N–H and O–H groups in total. The van der Waals surface area contributed by atoms with Gasteiger partial charge in [0, 0.05) is 16.9 Å². The average Bonchev–Trinajstić information content (AvgIpc) is 2.63. The minimum Gasteiger partial charge on any atom is -0.303 e. The largest absolute Gasteiger partial charge is 0.418 e. The molecule has 0 aliphatic carbocycles. The lowest BCUT2D eigenvalue weighted by Gasteiger charge is -2.14. The second kappa shape index (κ2) is 4.18. The maximum atomic E-state index is 12.9. The van der Waals surface area contributed by atoms with Crippen molar-refractivity contribution >= 4 is 15.9 Å². The van der Waals surface area contributed by atoms with Gasteiger partial charge in [-0.3, -0.25) is 0 Å². The zero-order valence-corrected chi connectivity index (χ0v) is 10.4. The van der Waals surface area contributed by atoms with Gasteiger partial charge >= 0.3 is 6.18 Å². The van der Waals surface area contributed by atoms with Gasteiger partial charge in [0.2, 0.25) is 0 Å². The lowest BCUT2D eigenvalue weighted by atomic mass is 10.1. The lowest BCUT2D eigenvalue weighted by molar-refractivity contribution is -0.137. The van der Waals surface area contributed by atoms with Crippen molar-refractivity contribution in [3.05, 3.63) is 46.5 Å². The van der Waals surface area contributed by atoms with E-state index in [2.05, 4.69) is 20.9 Å². The highest BCUT2D eigenvalue weighted by Crippen LogP contribution is 2.35. The molecule has 0 saturated heterocycles. The Hall–Kier alpha value is -1.30. The summed E-state index contributed by atoms with van der Waals surface area (Å²) in [7, 11) is 0. The van der Waals surface area contributed by atoms with Gasteiger partial charge in [0.05, 0.1) is 11.3 Å². The smallest absolute Gasteiger partial charge is 0.303 e. The third-order valence-electron chi connectivity index (χ3n) is 2.35. The molecular weight excluding hydrogens is 297 g/mol. The highest BCUT2D eigenvalue weighted by molar-refractivity contribution is 9.10. The van der Waals surface area contributed by atoms with Gasteiger partial charge in [-0.1, -0.05) is 15.9 Å². The van der Waals surface area contributed by atoms with Crippen LogP contribution in [-0.4, -0.2) is 9.55 Å². The van der Waals surface area contributed by atoms with Crippen LogP contribution >= 0.6 is 15.9 Å². The first-order chi connectivity index (χ1) is 7.89. The van der Waals surface area contributed by atoms with Gasteiger partial charge in [-0.15, -0.1) is 0 Å². The van der Waals surface area contributed by atoms with E-state index >= 15 is 0 Å². The van der Waals surface area contributed by atoms with E-state index in [-0.39, 0.29) is 5.69 Å². The first-order valence-electron chi connectivity index (χ1n) is 4.76. The van der Waals surface area contributed by atoms with E-state index in [1.165, 1.54) is 23.0 Å². The second-order valence-electron chi connectivity index (χ2n) is 3.50. The standard InChI is InChI=1S/C11H8BrF3N2/c1-7-16-4-5-17(7)10-3-2-8(12)6-9(10)11(13,14)15/h2-6H,1H3. The molecule has 90 valence electrons. The fourth-order valence-electron chi connectivity index (χ4n) is 1.58. The topological polar surface area (TPSA) is 17.8 Å². The molecule has 6 heteroatoms. The predicted molar refractivity (Wildman–Crippen MR) is 61.0 cm³/mol. The Morgan fingerprint density at radius 1 is 1.29 bits per heavy atom. The molecule has 0 bridgehead atoms. The first kappa shape index (κ1) is 12.2. The molecule has 1 heterocycles. The van der Waals surface area contributed by atoms with Crippen molar-refractivity contribution in [3.63, 3.8) is 0 Å². The highest BCUT2D eigenvalue weighted by Gasteiger charge is 2.34. The number of imidazole rings is 1. The Bertz CT molecular complexity index is 546. The van der Waals surface area contributed by atoms with Gasteiger partial charge in [-0.25, -0.2) is 4.98 Å². The molecule has 17 heavy (non-hydrogen) atoms. The van der Waals surface area contributed by atoms with Gasteiger partial charge in [-0.2, -0.15) is 13.2 Å². The van der Waals surface area contributed by atoms with E-state index in [9.17, 15) is 13.2 Å². The van der Waals surface area contributed by atoms with Gasteiger partial charge in [-0.05, 0) is 25.1 Å². The number of rotatable bonds is 1. The summed E-state index contributed by atoms with van der Waals surface area (Å²) in [5, 5.41) is 0. The van der Waals surface area contributed by atoms with E-state index in [1.54, 1.807) is 13.0 Å². The molecule has 2 rings (SSSR count). The van der Waals surface area contributed by atoms with Crippen molar-refractivity contribution in [2.24, 2.45) is 0 Å². The monoisotopic (exact) mass is 304 g/mol. The zero-order chi connectivity index (χ0) is 12.6. The number of hydrogen-bond acceptors (Lipinski definition) is 1. The van der Waals surface area contributed by atoms with Crippen molar-refractivity contribution in [2.75, 3.05) is 0 Å². The quantitative estimate of drug-likeness (QED) is 0.780. The molecule has 0 fully saturated rings. The van der Waals surface area contributed by atoms with E-state index in [0.717, 1.165) is 6.07 Å². The van der Waals surface area contributed by atoms with Crippen molar-refractivity contribution in [3.8, 4) is 5.69 Å². The first-order valence-corrected chi connectivity index (χ1v) is 5.56. The molecule has 1 aromatic carbocycles. The minimum absolute atomic E-state index is 0.0794. The third kappa shape index (κ3) is 2.36. The van der Waals surface area contributed by atoms with Crippen LogP contribution in [0.15, 0.2) is 35.1 Å². The number of halogens is 4. The predicted octanol–water partition coefficient (Wildman–Crippen LogP) is 3.96. The number of aromatic nitrogens is 2. The van der Waals surface area contributed by atoms with Gasteiger partial charge in [0.15, 0.2) is 0 Å². The van der Waals surface area contributed by atoms with Crippen molar-refractivity contribution in [1.82, 2.24) is 9.55 Å². The van der Waals surface area contributed by atoms with Gasteiger partial charge in [0.25, 0.3) is 0 Å². The normalized spacial score (nSPS) is 11.8. The summed E-state index contributed by atoms with van der Waals surface area (Å²) < 4.78 is 40.5. The van der Waals surface area contributed by atoms with Crippen LogP contribution in [0.2, 0.25) is 0 Å². The lowest BCUT2D eigenvalue weighted by Crippen LogP contribution is -2.11.